The lowest BCUT2D eigenvalue weighted by molar-refractivity contribution is 0.0679. The third kappa shape index (κ3) is 4.45. The number of oxazole rings is 1. The Bertz CT molecular complexity index is 1060. The van der Waals surface area contributed by atoms with Crippen molar-refractivity contribution in [2.45, 2.75) is 0 Å². The van der Waals surface area contributed by atoms with E-state index in [1.165, 1.54) is 17.1 Å². The number of hydrogen-bond donors (Lipinski definition) is 3. The molecule has 0 spiro atoms. The fourth-order valence-electron chi connectivity index (χ4n) is 2.71. The first-order chi connectivity index (χ1) is 14.6. The molecule has 0 atom stereocenters. The zero-order valence-electron chi connectivity index (χ0n) is 16.0. The van der Waals surface area contributed by atoms with Gasteiger partial charge < -0.3 is 19.8 Å². The Kier molecular flexibility index (Phi) is 5.68. The molecule has 2 amide bonds. The summed E-state index contributed by atoms with van der Waals surface area (Å²) in [6, 6.07) is 3.36. The van der Waals surface area contributed by atoms with Crippen LogP contribution >= 0.6 is 0 Å². The maximum absolute atomic E-state index is 12.6. The summed E-state index contributed by atoms with van der Waals surface area (Å²) in [4.78, 5) is 38.7. The second-order valence-corrected chi connectivity index (χ2v) is 6.31. The number of nitrogens with one attached hydrogen (secondary N) is 3. The SMILES string of the molecule is Cn1cc2c(n1)C(=O)NCCOCCONc1cc(ccn1)-c1nc(co1)C(=O)N2. The molecule has 0 aromatic carbocycles. The van der Waals surface area contributed by atoms with Gasteiger partial charge >= 0.3 is 0 Å². The van der Waals surface area contributed by atoms with Gasteiger partial charge in [0, 0.05) is 31.5 Å². The first-order valence-corrected chi connectivity index (χ1v) is 9.11. The van der Waals surface area contributed by atoms with Gasteiger partial charge in [-0.1, -0.05) is 0 Å². The maximum atomic E-state index is 12.6. The molecule has 1 aliphatic rings. The molecule has 3 aromatic heterocycles. The number of nitrogens with zero attached hydrogens (tertiary/aromatic N) is 4. The summed E-state index contributed by atoms with van der Waals surface area (Å²) in [5.74, 6) is -0.296. The van der Waals surface area contributed by atoms with Gasteiger partial charge in [0.2, 0.25) is 5.89 Å². The van der Waals surface area contributed by atoms with Gasteiger partial charge in [0.15, 0.2) is 11.4 Å². The molecule has 0 saturated heterocycles. The number of aromatic nitrogens is 4. The van der Waals surface area contributed by atoms with Crippen molar-refractivity contribution in [1.29, 1.82) is 0 Å². The van der Waals surface area contributed by atoms with Crippen molar-refractivity contribution in [3.8, 4) is 11.5 Å². The Balaban J connectivity index is 1.61. The second kappa shape index (κ2) is 8.71. The van der Waals surface area contributed by atoms with Crippen LogP contribution in [0.1, 0.15) is 21.0 Å². The van der Waals surface area contributed by atoms with Crippen molar-refractivity contribution in [1.82, 2.24) is 25.1 Å². The zero-order chi connectivity index (χ0) is 20.9. The zero-order valence-corrected chi connectivity index (χ0v) is 16.0. The Hall–Kier alpha value is -3.77. The standard InChI is InChI=1S/C18H19N7O5/c1-25-9-12-15(23-25)17(27)20-4-5-28-6-7-30-24-14-8-11(2-3-19-14)18-22-13(10-29-18)16(26)21-12/h2-3,8-10H,4-7H2,1H3,(H,19,24)(H,20,27)(H,21,26). The predicted molar refractivity (Wildman–Crippen MR) is 104 cm³/mol. The summed E-state index contributed by atoms with van der Waals surface area (Å²) in [7, 11) is 1.65. The quantitative estimate of drug-likeness (QED) is 0.488. The highest BCUT2D eigenvalue weighted by atomic mass is 16.7. The van der Waals surface area contributed by atoms with Crippen molar-refractivity contribution in [3.63, 3.8) is 0 Å². The minimum Gasteiger partial charge on any atom is -0.444 e. The van der Waals surface area contributed by atoms with E-state index in [4.69, 9.17) is 14.0 Å². The number of aryl methyl sites for hydroxylation is 1. The molecular formula is C18H19N7O5. The van der Waals surface area contributed by atoms with Gasteiger partial charge in [0.1, 0.15) is 12.1 Å². The summed E-state index contributed by atoms with van der Waals surface area (Å²) in [5, 5.41) is 9.46. The van der Waals surface area contributed by atoms with Gasteiger partial charge in [0.05, 0.1) is 25.5 Å². The highest BCUT2D eigenvalue weighted by Crippen LogP contribution is 2.22. The van der Waals surface area contributed by atoms with Crippen LogP contribution in [0, 0.1) is 0 Å². The molecule has 0 unspecified atom stereocenters. The van der Waals surface area contributed by atoms with E-state index in [-0.39, 0.29) is 36.1 Å². The number of fused-ring (bicyclic) bond motifs is 6. The predicted octanol–water partition coefficient (Wildman–Crippen LogP) is 0.826. The summed E-state index contributed by atoms with van der Waals surface area (Å²) in [6.45, 7) is 1.15. The molecule has 1 aliphatic heterocycles. The van der Waals surface area contributed by atoms with Crippen molar-refractivity contribution in [3.05, 3.63) is 42.2 Å². The highest BCUT2D eigenvalue weighted by molar-refractivity contribution is 6.07. The number of rotatable bonds is 0. The molecule has 30 heavy (non-hydrogen) atoms. The lowest BCUT2D eigenvalue weighted by Crippen LogP contribution is -2.29. The van der Waals surface area contributed by atoms with Crippen molar-refractivity contribution in [2.75, 3.05) is 37.2 Å². The van der Waals surface area contributed by atoms with Gasteiger partial charge in [-0.05, 0) is 12.1 Å². The van der Waals surface area contributed by atoms with Gasteiger partial charge in [-0.3, -0.25) is 19.1 Å². The van der Waals surface area contributed by atoms with E-state index in [0.717, 1.165) is 0 Å². The van der Waals surface area contributed by atoms with E-state index in [2.05, 4.69) is 31.2 Å². The van der Waals surface area contributed by atoms with Gasteiger partial charge in [0.25, 0.3) is 11.8 Å². The van der Waals surface area contributed by atoms with Crippen LogP contribution in [0.5, 0.6) is 0 Å². The van der Waals surface area contributed by atoms with E-state index in [1.54, 1.807) is 25.4 Å². The van der Waals surface area contributed by atoms with E-state index < -0.39 is 11.8 Å². The number of amides is 2. The summed E-state index contributed by atoms with van der Waals surface area (Å²) in [5.41, 5.74) is 3.70. The molecule has 12 nitrogen and oxygen atoms in total. The molecule has 0 aliphatic carbocycles. The van der Waals surface area contributed by atoms with Crippen molar-refractivity contribution < 1.29 is 23.6 Å². The molecule has 4 heterocycles. The average molecular weight is 413 g/mol. The average Bonchev–Trinajstić information content (AvgIpc) is 3.36. The molecule has 4 rings (SSSR count). The fourth-order valence-corrected chi connectivity index (χ4v) is 2.71. The van der Waals surface area contributed by atoms with E-state index >= 15 is 0 Å². The van der Waals surface area contributed by atoms with Crippen LogP contribution in [0.25, 0.3) is 11.5 Å². The van der Waals surface area contributed by atoms with Crippen molar-refractivity contribution in [2.24, 2.45) is 7.05 Å². The molecule has 156 valence electrons. The van der Waals surface area contributed by atoms with Gasteiger partial charge in [-0.2, -0.15) is 5.10 Å². The number of hydrogen-bond acceptors (Lipinski definition) is 9. The van der Waals surface area contributed by atoms with Crippen LogP contribution in [0.4, 0.5) is 11.5 Å². The maximum Gasteiger partial charge on any atom is 0.277 e. The van der Waals surface area contributed by atoms with E-state index in [0.29, 0.717) is 24.6 Å². The second-order valence-electron chi connectivity index (χ2n) is 6.31. The van der Waals surface area contributed by atoms with Crippen LogP contribution in [-0.4, -0.2) is 57.9 Å². The lowest BCUT2D eigenvalue weighted by atomic mass is 10.2. The molecule has 4 bridgehead atoms. The van der Waals surface area contributed by atoms with E-state index in [1.807, 2.05) is 0 Å². The van der Waals surface area contributed by atoms with Crippen LogP contribution < -0.4 is 16.1 Å². The Morgan fingerprint density at radius 2 is 2.07 bits per heavy atom. The minimum absolute atomic E-state index is 0.0501. The monoisotopic (exact) mass is 413 g/mol. The molecule has 0 fully saturated rings. The third-order valence-corrected chi connectivity index (χ3v) is 4.07. The number of carbonyl (C=O) groups is 2. The Morgan fingerprint density at radius 3 is 2.97 bits per heavy atom. The van der Waals surface area contributed by atoms with Crippen LogP contribution in [-0.2, 0) is 16.6 Å². The smallest absolute Gasteiger partial charge is 0.277 e. The number of carbonyl (C=O) groups excluding carboxylic acids is 2. The number of ether oxygens (including phenoxy) is 1. The number of anilines is 2. The molecule has 3 aromatic rings. The van der Waals surface area contributed by atoms with Crippen LogP contribution in [0.3, 0.4) is 0 Å². The summed E-state index contributed by atoms with van der Waals surface area (Å²) >= 11 is 0. The first kappa shape index (κ1) is 19.5. The molecule has 0 radical (unpaired) electrons. The lowest BCUT2D eigenvalue weighted by Gasteiger charge is -2.08. The highest BCUT2D eigenvalue weighted by Gasteiger charge is 2.20. The normalized spacial score (nSPS) is 15.6. The fraction of sp³-hybridized carbons (Fsp3) is 0.278. The van der Waals surface area contributed by atoms with Crippen molar-refractivity contribution >= 4 is 23.3 Å². The molecule has 3 N–H and O–H groups in total. The molecule has 0 saturated carbocycles. The van der Waals surface area contributed by atoms with Crippen LogP contribution in [0.15, 0.2) is 35.2 Å². The summed E-state index contributed by atoms with van der Waals surface area (Å²) in [6.07, 6.45) is 4.33. The topological polar surface area (TPSA) is 145 Å². The van der Waals surface area contributed by atoms with Crippen LogP contribution in [0.2, 0.25) is 0 Å². The van der Waals surface area contributed by atoms with Gasteiger partial charge in [-0.25, -0.2) is 15.4 Å². The Labute approximate surface area is 170 Å². The molecule has 12 heteroatoms. The van der Waals surface area contributed by atoms with E-state index in [9.17, 15) is 9.59 Å². The van der Waals surface area contributed by atoms with Gasteiger partial charge in [-0.15, -0.1) is 0 Å². The molecular weight excluding hydrogens is 394 g/mol. The Morgan fingerprint density at radius 1 is 1.17 bits per heavy atom. The largest absolute Gasteiger partial charge is 0.444 e. The number of pyridine rings is 1. The summed E-state index contributed by atoms with van der Waals surface area (Å²) < 4.78 is 12.3. The minimum atomic E-state index is -0.538. The first-order valence-electron chi connectivity index (χ1n) is 9.11. The third-order valence-electron chi connectivity index (χ3n) is 4.07.